The molecule has 4 heteroatoms. The van der Waals surface area contributed by atoms with Crippen LogP contribution in [-0.4, -0.2) is 38.8 Å². The molecule has 0 aromatic rings. The van der Waals surface area contributed by atoms with Crippen molar-refractivity contribution < 1.29 is 9.53 Å². The molecule has 1 spiro atoms. The third-order valence-electron chi connectivity index (χ3n) is 5.21. The lowest BCUT2D eigenvalue weighted by atomic mass is 9.60. The van der Waals surface area contributed by atoms with Gasteiger partial charge in [0.15, 0.2) is 0 Å². The van der Waals surface area contributed by atoms with Gasteiger partial charge in [-0.3, -0.25) is 4.79 Å². The lowest BCUT2D eigenvalue weighted by Gasteiger charge is -2.49. The van der Waals surface area contributed by atoms with Crippen molar-refractivity contribution in [3.63, 3.8) is 0 Å². The second kappa shape index (κ2) is 4.25. The molecule has 4 atom stereocenters. The minimum absolute atomic E-state index is 0.0270. The standard InChI is InChI=1S/C13H22N2O2/c1-17-12(16)10-7-14-8-13(10)4-2-9-3-5-15-11(13)6-9/h9-11,14-15H,2-8H2,1H3. The normalized spacial score (nSPS) is 44.9. The van der Waals surface area contributed by atoms with E-state index >= 15 is 0 Å². The first-order valence-corrected chi connectivity index (χ1v) is 6.78. The number of hydrogen-bond acceptors (Lipinski definition) is 4. The second-order valence-corrected chi connectivity index (χ2v) is 5.88. The van der Waals surface area contributed by atoms with Crippen LogP contribution in [0.3, 0.4) is 0 Å². The molecule has 17 heavy (non-hydrogen) atoms. The van der Waals surface area contributed by atoms with Gasteiger partial charge in [-0.25, -0.2) is 0 Å². The van der Waals surface area contributed by atoms with E-state index in [2.05, 4.69) is 10.6 Å². The maximum Gasteiger partial charge on any atom is 0.310 e. The molecule has 1 aliphatic carbocycles. The Hall–Kier alpha value is -0.610. The van der Waals surface area contributed by atoms with Crippen molar-refractivity contribution in [2.24, 2.45) is 17.3 Å². The van der Waals surface area contributed by atoms with Crippen LogP contribution in [0.25, 0.3) is 0 Å². The molecule has 2 aliphatic heterocycles. The summed E-state index contributed by atoms with van der Waals surface area (Å²) in [5.74, 6) is 0.899. The highest BCUT2D eigenvalue weighted by molar-refractivity contribution is 5.74. The fourth-order valence-electron chi connectivity index (χ4n) is 4.21. The van der Waals surface area contributed by atoms with Crippen molar-refractivity contribution in [3.8, 4) is 0 Å². The number of carbonyl (C=O) groups excluding carboxylic acids is 1. The van der Waals surface area contributed by atoms with Crippen molar-refractivity contribution in [1.82, 2.24) is 10.6 Å². The van der Waals surface area contributed by atoms with E-state index in [1.54, 1.807) is 0 Å². The summed E-state index contributed by atoms with van der Waals surface area (Å²) < 4.78 is 4.99. The Morgan fingerprint density at radius 2 is 2.29 bits per heavy atom. The minimum Gasteiger partial charge on any atom is -0.469 e. The van der Waals surface area contributed by atoms with E-state index < -0.39 is 0 Å². The third-order valence-corrected chi connectivity index (χ3v) is 5.21. The van der Waals surface area contributed by atoms with E-state index in [4.69, 9.17) is 4.74 Å². The summed E-state index contributed by atoms with van der Waals surface area (Å²) >= 11 is 0. The van der Waals surface area contributed by atoms with Gasteiger partial charge in [0.05, 0.1) is 13.0 Å². The Kier molecular flexibility index (Phi) is 2.87. The fraction of sp³-hybridized carbons (Fsp3) is 0.923. The predicted octanol–water partition coefficient (Wildman–Crippen LogP) is 0.527. The molecular formula is C13H22N2O2. The Morgan fingerprint density at radius 1 is 1.41 bits per heavy atom. The van der Waals surface area contributed by atoms with Gasteiger partial charge in [-0.15, -0.1) is 0 Å². The van der Waals surface area contributed by atoms with Gasteiger partial charge in [0.2, 0.25) is 0 Å². The first-order valence-electron chi connectivity index (χ1n) is 6.78. The molecule has 3 aliphatic rings. The van der Waals surface area contributed by atoms with E-state index in [9.17, 15) is 4.79 Å². The quantitative estimate of drug-likeness (QED) is 0.654. The summed E-state index contributed by atoms with van der Waals surface area (Å²) in [5.41, 5.74) is 0.115. The van der Waals surface area contributed by atoms with Gasteiger partial charge >= 0.3 is 5.97 Å². The fourth-order valence-corrected chi connectivity index (χ4v) is 4.21. The Bertz CT molecular complexity index is 321. The predicted molar refractivity (Wildman–Crippen MR) is 64.6 cm³/mol. The highest BCUT2D eigenvalue weighted by atomic mass is 16.5. The number of methoxy groups -OCH3 is 1. The van der Waals surface area contributed by atoms with Crippen LogP contribution in [0.15, 0.2) is 0 Å². The Labute approximate surface area is 102 Å². The summed E-state index contributed by atoms with van der Waals surface area (Å²) in [6.07, 6.45) is 5.01. The molecule has 0 radical (unpaired) electrons. The topological polar surface area (TPSA) is 50.4 Å². The first-order chi connectivity index (χ1) is 8.26. The largest absolute Gasteiger partial charge is 0.469 e. The average molecular weight is 238 g/mol. The van der Waals surface area contributed by atoms with E-state index in [0.717, 1.165) is 25.6 Å². The van der Waals surface area contributed by atoms with Crippen LogP contribution in [0.4, 0.5) is 0 Å². The smallest absolute Gasteiger partial charge is 0.310 e. The van der Waals surface area contributed by atoms with Crippen molar-refractivity contribution >= 4 is 5.97 Å². The maximum atomic E-state index is 12.0. The van der Waals surface area contributed by atoms with Gasteiger partial charge in [0, 0.05) is 24.5 Å². The van der Waals surface area contributed by atoms with Crippen molar-refractivity contribution in [3.05, 3.63) is 0 Å². The molecule has 0 aromatic heterocycles. The van der Waals surface area contributed by atoms with E-state index in [1.165, 1.54) is 32.8 Å². The summed E-state index contributed by atoms with van der Waals surface area (Å²) in [6.45, 7) is 2.87. The number of ether oxygens (including phenoxy) is 1. The zero-order valence-corrected chi connectivity index (χ0v) is 10.5. The third kappa shape index (κ3) is 1.69. The Morgan fingerprint density at radius 3 is 3.12 bits per heavy atom. The monoisotopic (exact) mass is 238 g/mol. The van der Waals surface area contributed by atoms with Crippen LogP contribution in [0.5, 0.6) is 0 Å². The molecule has 0 aromatic carbocycles. The number of hydrogen-bond donors (Lipinski definition) is 2. The minimum atomic E-state index is -0.0270. The van der Waals surface area contributed by atoms with Crippen LogP contribution in [-0.2, 0) is 9.53 Å². The molecule has 2 N–H and O–H groups in total. The van der Waals surface area contributed by atoms with Crippen LogP contribution >= 0.6 is 0 Å². The highest BCUT2D eigenvalue weighted by Crippen LogP contribution is 2.48. The summed E-state index contributed by atoms with van der Waals surface area (Å²) in [7, 11) is 1.51. The first kappa shape index (κ1) is 11.5. The molecule has 4 unspecified atom stereocenters. The average Bonchev–Trinajstić information content (AvgIpc) is 2.79. The van der Waals surface area contributed by atoms with Crippen molar-refractivity contribution in [2.45, 2.75) is 31.7 Å². The summed E-state index contributed by atoms with van der Waals surface area (Å²) in [6, 6.07) is 0.508. The number of nitrogens with one attached hydrogen (secondary N) is 2. The van der Waals surface area contributed by atoms with Gasteiger partial charge in [0.25, 0.3) is 0 Å². The number of rotatable bonds is 1. The van der Waals surface area contributed by atoms with E-state index in [0.29, 0.717) is 6.04 Å². The molecule has 3 fully saturated rings. The molecule has 4 nitrogen and oxygen atoms in total. The molecule has 1 saturated carbocycles. The van der Waals surface area contributed by atoms with Crippen LogP contribution in [0.1, 0.15) is 25.7 Å². The molecule has 2 bridgehead atoms. The van der Waals surface area contributed by atoms with Gasteiger partial charge in [-0.05, 0) is 38.1 Å². The lowest BCUT2D eigenvalue weighted by Crippen LogP contribution is -2.57. The number of fused-ring (bicyclic) bond motifs is 3. The van der Waals surface area contributed by atoms with Gasteiger partial charge in [0.1, 0.15) is 0 Å². The van der Waals surface area contributed by atoms with Gasteiger partial charge in [-0.2, -0.15) is 0 Å². The second-order valence-electron chi connectivity index (χ2n) is 5.88. The SMILES string of the molecule is COC(=O)C1CNCC12CCC1CCNC2C1. The van der Waals surface area contributed by atoms with Gasteiger partial charge in [-0.1, -0.05) is 0 Å². The molecule has 2 heterocycles. The number of carbonyl (C=O) groups is 1. The maximum absolute atomic E-state index is 12.0. The van der Waals surface area contributed by atoms with Crippen LogP contribution in [0.2, 0.25) is 0 Å². The zero-order valence-electron chi connectivity index (χ0n) is 10.5. The van der Waals surface area contributed by atoms with E-state index in [-0.39, 0.29) is 17.3 Å². The zero-order chi connectivity index (χ0) is 11.9. The Balaban J connectivity index is 1.85. The van der Waals surface area contributed by atoms with Crippen molar-refractivity contribution in [2.75, 3.05) is 26.7 Å². The molecule has 96 valence electrons. The number of esters is 1. The summed E-state index contributed by atoms with van der Waals surface area (Å²) in [4.78, 5) is 12.0. The van der Waals surface area contributed by atoms with Crippen molar-refractivity contribution in [1.29, 1.82) is 0 Å². The molecule has 2 saturated heterocycles. The van der Waals surface area contributed by atoms with Crippen LogP contribution in [0, 0.1) is 17.3 Å². The van der Waals surface area contributed by atoms with E-state index in [1.807, 2.05) is 0 Å². The molecule has 0 amide bonds. The van der Waals surface area contributed by atoms with Gasteiger partial charge < -0.3 is 15.4 Å². The molecular weight excluding hydrogens is 216 g/mol. The molecule has 3 rings (SSSR count). The lowest BCUT2D eigenvalue weighted by molar-refractivity contribution is -0.150. The highest BCUT2D eigenvalue weighted by Gasteiger charge is 2.55. The number of piperidine rings is 1. The van der Waals surface area contributed by atoms with Crippen LogP contribution < -0.4 is 10.6 Å². The summed E-state index contributed by atoms with van der Waals surface area (Å²) in [5, 5.41) is 7.05.